The van der Waals surface area contributed by atoms with Crippen LogP contribution in [0.2, 0.25) is 0 Å². The molecule has 16 heteroatoms. The second-order valence-electron chi connectivity index (χ2n) is 21.1. The van der Waals surface area contributed by atoms with Gasteiger partial charge in [-0.05, 0) is 106 Å². The fourth-order valence-electron chi connectivity index (χ4n) is 14.0. The molecule has 0 aromatic heterocycles. The molecule has 5 aliphatic heterocycles. The lowest BCUT2D eigenvalue weighted by atomic mass is 9.47. The van der Waals surface area contributed by atoms with Gasteiger partial charge in [-0.25, -0.2) is 0 Å². The highest BCUT2D eigenvalue weighted by molar-refractivity contribution is 5.26. The molecule has 0 amide bonds. The van der Waals surface area contributed by atoms with Crippen LogP contribution in [0.3, 0.4) is 0 Å². The predicted molar refractivity (Wildman–Crippen MR) is 213 cm³/mol. The largest absolute Gasteiger partial charge is 0.394 e. The van der Waals surface area contributed by atoms with Crippen molar-refractivity contribution in [3.63, 3.8) is 0 Å². The SMILES string of the molecule is C[C@@H]1CC[C@]2(OC1)O[C@@H]1C[C@@H]3[C@H]4CC=C5C[C@@H](O[C@H]6O[C@@H](CO)[C@H](O[C@H]7O[C@@H](C)[C@H](O)[C@@H](O)[C@@H]7O[C@H]7O[C@@H](C)[C@H](O)[C@@H](O)[C@@H]7O)[C@@H](O)[C@@H]6O)CC[C@]5(C)[C@@H]4CC[C@@]3(C)[C@@H]1[C@H]2C. The van der Waals surface area contributed by atoms with Crippen LogP contribution in [0.1, 0.15) is 99.3 Å². The Morgan fingerprint density at radius 2 is 1.34 bits per heavy atom. The first-order chi connectivity index (χ1) is 28.9. The Balaban J connectivity index is 0.843. The van der Waals surface area contributed by atoms with E-state index in [2.05, 4.69) is 33.8 Å². The molecule has 3 saturated carbocycles. The zero-order valence-corrected chi connectivity index (χ0v) is 36.5. The zero-order chi connectivity index (χ0) is 43.5. The number of ether oxygens (including phenoxy) is 8. The minimum atomic E-state index is -1.73. The summed E-state index contributed by atoms with van der Waals surface area (Å²) >= 11 is 0. The van der Waals surface area contributed by atoms with E-state index in [9.17, 15) is 40.9 Å². The van der Waals surface area contributed by atoms with E-state index in [1.807, 2.05) is 0 Å². The average molecular weight is 869 g/mol. The molecule has 5 heterocycles. The summed E-state index contributed by atoms with van der Waals surface area (Å²) in [6.45, 7) is 12.7. The molecule has 4 aliphatic carbocycles. The maximum atomic E-state index is 11.5. The summed E-state index contributed by atoms with van der Waals surface area (Å²) in [6.07, 6.45) is -10.2. The lowest BCUT2D eigenvalue weighted by Gasteiger charge is -2.58. The van der Waals surface area contributed by atoms with Gasteiger partial charge in [0.15, 0.2) is 24.7 Å². The van der Waals surface area contributed by atoms with E-state index in [4.69, 9.17) is 37.9 Å². The fraction of sp³-hybridized carbons (Fsp3) is 0.956. The maximum absolute atomic E-state index is 11.5. The van der Waals surface area contributed by atoms with E-state index in [1.165, 1.54) is 32.3 Å². The summed E-state index contributed by atoms with van der Waals surface area (Å²) in [5.41, 5.74) is 1.63. The summed E-state index contributed by atoms with van der Waals surface area (Å²) in [4.78, 5) is 0. The van der Waals surface area contributed by atoms with Crippen molar-refractivity contribution in [3.05, 3.63) is 11.6 Å². The lowest BCUT2D eigenvalue weighted by molar-refractivity contribution is -0.386. The highest BCUT2D eigenvalue weighted by atomic mass is 16.8. The monoisotopic (exact) mass is 868 g/mol. The third kappa shape index (κ3) is 7.42. The Kier molecular flexibility index (Phi) is 12.4. The maximum Gasteiger partial charge on any atom is 0.187 e. The van der Waals surface area contributed by atoms with Crippen LogP contribution in [0.25, 0.3) is 0 Å². The summed E-state index contributed by atoms with van der Waals surface area (Å²) in [6, 6.07) is 0. The van der Waals surface area contributed by atoms with Crippen LogP contribution < -0.4 is 0 Å². The molecule has 8 fully saturated rings. The first-order valence-corrected chi connectivity index (χ1v) is 23.2. The van der Waals surface area contributed by atoms with Crippen molar-refractivity contribution in [3.8, 4) is 0 Å². The Bertz CT molecular complexity index is 1590. The van der Waals surface area contributed by atoms with Gasteiger partial charge in [-0.15, -0.1) is 0 Å². The van der Waals surface area contributed by atoms with E-state index in [-0.39, 0.29) is 23.0 Å². The van der Waals surface area contributed by atoms with Crippen LogP contribution in [0.5, 0.6) is 0 Å². The van der Waals surface area contributed by atoms with Gasteiger partial charge in [-0.1, -0.05) is 39.3 Å². The van der Waals surface area contributed by atoms with E-state index in [0.29, 0.717) is 41.9 Å². The predicted octanol–water partition coefficient (Wildman–Crippen LogP) is 1.24. The molecule has 16 nitrogen and oxygen atoms in total. The molecule has 9 aliphatic rings. The highest BCUT2D eigenvalue weighted by Crippen LogP contribution is 2.70. The molecular weight excluding hydrogens is 796 g/mol. The lowest BCUT2D eigenvalue weighted by Crippen LogP contribution is -2.66. The van der Waals surface area contributed by atoms with E-state index < -0.39 is 105 Å². The van der Waals surface area contributed by atoms with Crippen molar-refractivity contribution >= 4 is 0 Å². The van der Waals surface area contributed by atoms with E-state index >= 15 is 0 Å². The topological polar surface area (TPSA) is 236 Å². The quantitative estimate of drug-likeness (QED) is 0.168. The molecular formula is C45H72O16. The molecule has 0 aromatic carbocycles. The third-order valence-corrected chi connectivity index (χ3v) is 17.6. The molecule has 9 rings (SSSR count). The van der Waals surface area contributed by atoms with Crippen LogP contribution in [-0.4, -0.2) is 164 Å². The van der Waals surface area contributed by atoms with Gasteiger partial charge in [0.25, 0.3) is 0 Å². The smallest absolute Gasteiger partial charge is 0.187 e. The Labute approximate surface area is 358 Å². The van der Waals surface area contributed by atoms with Gasteiger partial charge < -0.3 is 78.7 Å². The minimum Gasteiger partial charge on any atom is -0.394 e. The zero-order valence-electron chi connectivity index (χ0n) is 36.5. The molecule has 61 heavy (non-hydrogen) atoms. The molecule has 26 atom stereocenters. The molecule has 0 unspecified atom stereocenters. The fourth-order valence-corrected chi connectivity index (χ4v) is 14.0. The number of hydrogen-bond acceptors (Lipinski definition) is 16. The van der Waals surface area contributed by atoms with Crippen LogP contribution in [0.4, 0.5) is 0 Å². The molecule has 0 bridgehead atoms. The van der Waals surface area contributed by atoms with Crippen molar-refractivity contribution in [2.24, 2.45) is 46.3 Å². The molecule has 1 spiro atoms. The molecule has 348 valence electrons. The molecule has 0 radical (unpaired) electrons. The number of aliphatic hydroxyl groups is 8. The number of hydrogen-bond donors (Lipinski definition) is 8. The summed E-state index contributed by atoms with van der Waals surface area (Å²) in [5, 5.41) is 86.2. The Morgan fingerprint density at radius 3 is 2.05 bits per heavy atom. The normalized spacial score (nSPS) is 58.4. The van der Waals surface area contributed by atoms with Gasteiger partial charge in [-0.3, -0.25) is 0 Å². The Hall–Kier alpha value is -0.900. The van der Waals surface area contributed by atoms with Crippen molar-refractivity contribution in [2.75, 3.05) is 13.2 Å². The second kappa shape index (κ2) is 16.8. The van der Waals surface area contributed by atoms with Crippen LogP contribution >= 0.6 is 0 Å². The van der Waals surface area contributed by atoms with Gasteiger partial charge in [0.1, 0.15) is 61.0 Å². The average Bonchev–Trinajstić information content (AvgIpc) is 3.69. The van der Waals surface area contributed by atoms with Crippen molar-refractivity contribution in [2.45, 2.75) is 209 Å². The van der Waals surface area contributed by atoms with Gasteiger partial charge in [-0.2, -0.15) is 0 Å². The molecule has 0 aromatic rings. The van der Waals surface area contributed by atoms with Crippen LogP contribution in [0, 0.1) is 46.3 Å². The number of allylic oxidation sites excluding steroid dienone is 1. The van der Waals surface area contributed by atoms with E-state index in [1.54, 1.807) is 0 Å². The van der Waals surface area contributed by atoms with Gasteiger partial charge in [0.2, 0.25) is 0 Å². The number of rotatable bonds is 7. The number of fused-ring (bicyclic) bond motifs is 7. The minimum absolute atomic E-state index is 0.0266. The van der Waals surface area contributed by atoms with Crippen LogP contribution in [0.15, 0.2) is 11.6 Å². The van der Waals surface area contributed by atoms with Crippen LogP contribution in [-0.2, 0) is 37.9 Å². The Morgan fingerprint density at radius 1 is 0.689 bits per heavy atom. The summed E-state index contributed by atoms with van der Waals surface area (Å²) < 4.78 is 49.4. The summed E-state index contributed by atoms with van der Waals surface area (Å²) in [7, 11) is 0. The van der Waals surface area contributed by atoms with Crippen molar-refractivity contribution < 1.29 is 78.7 Å². The first-order valence-electron chi connectivity index (χ1n) is 23.2. The third-order valence-electron chi connectivity index (χ3n) is 17.6. The van der Waals surface area contributed by atoms with Gasteiger partial charge >= 0.3 is 0 Å². The molecule has 5 saturated heterocycles. The second-order valence-corrected chi connectivity index (χ2v) is 21.1. The van der Waals surface area contributed by atoms with Gasteiger partial charge in [0.05, 0.1) is 37.6 Å². The first kappa shape index (κ1) is 45.3. The highest BCUT2D eigenvalue weighted by Gasteiger charge is 2.69. The number of aliphatic hydroxyl groups excluding tert-OH is 8. The standard InChI is InChI=1S/C45H72O16/c1-19-9-14-45(54-18-19)20(2)30-28(61-45)16-27-25-8-7-23-15-24(10-12-43(23,5)26(25)11-13-44(27,30)6)57-41-37(53)35(51)38(29(17-46)58-41)59-42-39(34(50)32(48)22(4)56-42)60-40-36(52)33(49)31(47)21(3)55-40/h7,19-22,24-42,46-53H,8-18H2,1-6H3/t19-,20-,21+,22+,24+,25+,26-,27-,28-,29+,30-,31+,32+,33-,34-,35+,36+,37+,38+,39+,40-,41+,42-,43+,44-,45+/m1/s1. The summed E-state index contributed by atoms with van der Waals surface area (Å²) in [5.74, 6) is 2.78. The molecule has 8 N–H and O–H groups in total. The van der Waals surface area contributed by atoms with E-state index in [0.717, 1.165) is 45.1 Å². The van der Waals surface area contributed by atoms with Crippen molar-refractivity contribution in [1.82, 2.24) is 0 Å². The van der Waals surface area contributed by atoms with Gasteiger partial charge in [0, 0.05) is 12.3 Å². The van der Waals surface area contributed by atoms with Crippen molar-refractivity contribution in [1.29, 1.82) is 0 Å².